The lowest BCUT2D eigenvalue weighted by molar-refractivity contribution is -0.162. The van der Waals surface area contributed by atoms with Crippen LogP contribution in [0.5, 0.6) is 0 Å². The molecule has 3 unspecified atom stereocenters. The number of aromatic amines is 1. The second-order valence-electron chi connectivity index (χ2n) is 7.85. The first-order valence-corrected chi connectivity index (χ1v) is 13.7. The zero-order valence-electron chi connectivity index (χ0n) is 17.5. The number of aromatic nitrogens is 1. The zero-order valence-corrected chi connectivity index (χ0v) is 19.3. The van der Waals surface area contributed by atoms with E-state index < -0.39 is 31.7 Å². The van der Waals surface area contributed by atoms with Gasteiger partial charge in [0, 0.05) is 23.9 Å². The van der Waals surface area contributed by atoms with Crippen LogP contribution in [0.4, 0.5) is 0 Å². The summed E-state index contributed by atoms with van der Waals surface area (Å²) in [4.78, 5) is 42.1. The van der Waals surface area contributed by atoms with Gasteiger partial charge in [0.15, 0.2) is 6.04 Å². The molecule has 2 heterocycles. The van der Waals surface area contributed by atoms with Gasteiger partial charge in [0.05, 0.1) is 13.0 Å². The van der Waals surface area contributed by atoms with Crippen LogP contribution in [0.25, 0.3) is 0 Å². The fourth-order valence-electron chi connectivity index (χ4n) is 2.84. The standard InChI is InChI=1S/C19H29N3O5SSi/c1-7-26-19(25)16(12(2)3)22-17(24)15(18(22)28-27-29(4,5)6)21-14(23)11-13-9-8-10-20-13/h8-10,15-16,18,20H,2,7,11H2,1,3-6H3,(H,21,23). The zero-order chi connectivity index (χ0) is 21.8. The van der Waals surface area contributed by atoms with Gasteiger partial charge in [-0.05, 0) is 51.2 Å². The van der Waals surface area contributed by atoms with Crippen LogP contribution < -0.4 is 5.32 Å². The Kier molecular flexibility index (Phi) is 7.72. The van der Waals surface area contributed by atoms with Crippen molar-refractivity contribution in [1.29, 1.82) is 0 Å². The molecule has 2 rings (SSSR count). The Balaban J connectivity index is 2.17. The summed E-state index contributed by atoms with van der Waals surface area (Å²) in [6.07, 6.45) is 1.86. The molecule has 0 spiro atoms. The van der Waals surface area contributed by atoms with Gasteiger partial charge in [0.1, 0.15) is 11.4 Å². The summed E-state index contributed by atoms with van der Waals surface area (Å²) < 4.78 is 11.0. The van der Waals surface area contributed by atoms with Crippen LogP contribution >= 0.6 is 12.0 Å². The molecule has 1 aromatic rings. The van der Waals surface area contributed by atoms with E-state index in [1.165, 1.54) is 4.90 Å². The number of hydrogen-bond donors (Lipinski definition) is 2. The number of ether oxygens (including phenoxy) is 1. The van der Waals surface area contributed by atoms with Crippen molar-refractivity contribution in [2.45, 2.75) is 57.4 Å². The van der Waals surface area contributed by atoms with Gasteiger partial charge < -0.3 is 23.8 Å². The molecule has 0 saturated carbocycles. The highest BCUT2D eigenvalue weighted by Crippen LogP contribution is 2.36. The molecule has 2 N–H and O–H groups in total. The number of esters is 1. The average molecular weight is 440 g/mol. The van der Waals surface area contributed by atoms with Crippen LogP contribution in [0.15, 0.2) is 30.5 Å². The second-order valence-corrected chi connectivity index (χ2v) is 13.4. The molecule has 1 aliphatic rings. The van der Waals surface area contributed by atoms with Crippen LogP contribution in [0.3, 0.4) is 0 Å². The number of carbonyl (C=O) groups is 3. The minimum Gasteiger partial charge on any atom is -0.464 e. The number of hydrogen-bond acceptors (Lipinski definition) is 6. The molecule has 0 radical (unpaired) electrons. The number of likely N-dealkylation sites (tertiary alicyclic amines) is 1. The highest BCUT2D eigenvalue weighted by atomic mass is 32.2. The smallest absolute Gasteiger partial charge is 0.333 e. The van der Waals surface area contributed by atoms with E-state index >= 15 is 0 Å². The highest BCUT2D eigenvalue weighted by molar-refractivity contribution is 7.96. The summed E-state index contributed by atoms with van der Waals surface area (Å²) in [6, 6.07) is 1.90. The number of nitrogens with zero attached hydrogens (tertiary/aromatic N) is 1. The number of carbonyl (C=O) groups excluding carboxylic acids is 3. The molecule has 1 fully saturated rings. The van der Waals surface area contributed by atoms with Gasteiger partial charge in [-0.1, -0.05) is 6.58 Å². The van der Waals surface area contributed by atoms with E-state index in [1.54, 1.807) is 32.2 Å². The molecule has 8 nitrogen and oxygen atoms in total. The monoisotopic (exact) mass is 439 g/mol. The Hall–Kier alpha value is -2.04. The summed E-state index contributed by atoms with van der Waals surface area (Å²) in [7, 11) is -1.91. The fourth-order valence-corrected chi connectivity index (χ4v) is 5.00. The van der Waals surface area contributed by atoms with Crippen LogP contribution in [-0.2, 0) is 29.4 Å². The lowest BCUT2D eigenvalue weighted by atomic mass is 9.99. The number of H-pyrrole nitrogens is 1. The maximum absolute atomic E-state index is 12.9. The third-order valence-electron chi connectivity index (χ3n) is 4.06. The van der Waals surface area contributed by atoms with Gasteiger partial charge in [0.25, 0.3) is 0 Å². The molecule has 29 heavy (non-hydrogen) atoms. The van der Waals surface area contributed by atoms with Crippen molar-refractivity contribution in [2.24, 2.45) is 0 Å². The van der Waals surface area contributed by atoms with Gasteiger partial charge in [-0.2, -0.15) is 0 Å². The maximum Gasteiger partial charge on any atom is 0.333 e. The van der Waals surface area contributed by atoms with Gasteiger partial charge in [-0.25, -0.2) is 4.79 Å². The van der Waals surface area contributed by atoms with Crippen molar-refractivity contribution in [1.82, 2.24) is 15.2 Å². The van der Waals surface area contributed by atoms with Crippen molar-refractivity contribution in [3.63, 3.8) is 0 Å². The molecular formula is C19H29N3O5SSi. The summed E-state index contributed by atoms with van der Waals surface area (Å²) in [6.45, 7) is 13.5. The van der Waals surface area contributed by atoms with Crippen LogP contribution in [0, 0.1) is 0 Å². The van der Waals surface area contributed by atoms with E-state index in [0.29, 0.717) is 5.57 Å². The second kappa shape index (κ2) is 9.64. The largest absolute Gasteiger partial charge is 0.464 e. The molecule has 160 valence electrons. The summed E-state index contributed by atoms with van der Waals surface area (Å²) >= 11 is 1.12. The van der Waals surface area contributed by atoms with E-state index in [1.807, 2.05) is 19.6 Å². The predicted octanol–water partition coefficient (Wildman–Crippen LogP) is 2.22. The minimum atomic E-state index is -1.91. The minimum absolute atomic E-state index is 0.130. The highest BCUT2D eigenvalue weighted by Gasteiger charge is 2.54. The molecular weight excluding hydrogens is 410 g/mol. The molecule has 0 aromatic carbocycles. The Morgan fingerprint density at radius 2 is 2.10 bits per heavy atom. The van der Waals surface area contributed by atoms with Gasteiger partial charge in [-0.3, -0.25) is 9.59 Å². The molecule has 3 atom stereocenters. The molecule has 1 aromatic heterocycles. The SMILES string of the molecule is C=C(C)C(C(=O)OCC)N1C(=O)C(NC(=O)Cc2ccc[nH]2)C1SO[Si](C)(C)C. The Morgan fingerprint density at radius 1 is 1.41 bits per heavy atom. The van der Waals surface area contributed by atoms with Crippen molar-refractivity contribution in [3.05, 3.63) is 36.2 Å². The number of β-lactam (4-membered cyclic amide) rings is 1. The number of amides is 2. The van der Waals surface area contributed by atoms with E-state index in [-0.39, 0.29) is 24.8 Å². The lowest BCUT2D eigenvalue weighted by Crippen LogP contribution is -2.73. The maximum atomic E-state index is 12.9. The van der Waals surface area contributed by atoms with Crippen molar-refractivity contribution < 1.29 is 23.0 Å². The summed E-state index contributed by atoms with van der Waals surface area (Å²) in [5, 5.41) is 2.22. The third-order valence-corrected chi connectivity index (χ3v) is 7.14. The molecule has 2 amide bonds. The topological polar surface area (TPSA) is 101 Å². The molecule has 1 aliphatic heterocycles. The Morgan fingerprint density at radius 3 is 2.62 bits per heavy atom. The lowest BCUT2D eigenvalue weighted by Gasteiger charge is -2.49. The van der Waals surface area contributed by atoms with Crippen LogP contribution in [0.1, 0.15) is 19.5 Å². The van der Waals surface area contributed by atoms with Crippen molar-refractivity contribution in [2.75, 3.05) is 6.61 Å². The van der Waals surface area contributed by atoms with E-state index in [9.17, 15) is 14.4 Å². The van der Waals surface area contributed by atoms with Gasteiger partial charge in [-0.15, -0.1) is 0 Å². The number of rotatable bonds is 10. The molecule has 1 saturated heterocycles. The van der Waals surface area contributed by atoms with E-state index in [0.717, 1.165) is 17.7 Å². The number of nitrogens with one attached hydrogen (secondary N) is 2. The van der Waals surface area contributed by atoms with Crippen LogP contribution in [0.2, 0.25) is 19.6 Å². The van der Waals surface area contributed by atoms with Gasteiger partial charge in [0.2, 0.25) is 20.1 Å². The first-order chi connectivity index (χ1) is 13.5. The van der Waals surface area contributed by atoms with E-state index in [4.69, 9.17) is 8.61 Å². The first-order valence-electron chi connectivity index (χ1n) is 9.45. The van der Waals surface area contributed by atoms with Gasteiger partial charge >= 0.3 is 5.97 Å². The van der Waals surface area contributed by atoms with Crippen LogP contribution in [-0.4, -0.2) is 60.0 Å². The van der Waals surface area contributed by atoms with E-state index in [2.05, 4.69) is 16.9 Å². The molecule has 10 heteroatoms. The van der Waals surface area contributed by atoms with Crippen molar-refractivity contribution in [3.8, 4) is 0 Å². The normalized spacial score (nSPS) is 20.0. The Labute approximate surface area is 176 Å². The first kappa shape index (κ1) is 23.2. The third kappa shape index (κ3) is 5.97. The molecule has 0 aliphatic carbocycles. The average Bonchev–Trinajstić information content (AvgIpc) is 3.11. The molecule has 0 bridgehead atoms. The van der Waals surface area contributed by atoms with Crippen molar-refractivity contribution >= 4 is 38.1 Å². The summed E-state index contributed by atoms with van der Waals surface area (Å²) in [5.74, 6) is -1.18. The fraction of sp³-hybridized carbons (Fsp3) is 0.526. The Bertz CT molecular complexity index is 762. The summed E-state index contributed by atoms with van der Waals surface area (Å²) in [5.41, 5.74) is 1.24. The predicted molar refractivity (Wildman–Crippen MR) is 114 cm³/mol. The quantitative estimate of drug-likeness (QED) is 0.191.